The fourth-order valence-electron chi connectivity index (χ4n) is 1.74. The molecule has 3 aromatic rings. The number of ether oxygens (including phenoxy) is 1. The second-order valence-electron chi connectivity index (χ2n) is 3.95. The van der Waals surface area contributed by atoms with Crippen LogP contribution in [-0.2, 0) is 4.74 Å². The number of anilines is 1. The van der Waals surface area contributed by atoms with Crippen LogP contribution in [0.4, 0.5) is 5.69 Å². The fraction of sp³-hybridized carbons (Fsp3) is 0.0833. The lowest BCUT2D eigenvalue weighted by Gasteiger charge is -2.07. The molecule has 0 unspecified atom stereocenters. The summed E-state index contributed by atoms with van der Waals surface area (Å²) in [4.78, 5) is 31.0. The summed E-state index contributed by atoms with van der Waals surface area (Å²) in [6.45, 7) is 0. The highest BCUT2D eigenvalue weighted by Crippen LogP contribution is 2.33. The number of nitrogens with one attached hydrogen (secondary N) is 1. The third-order valence-electron chi connectivity index (χ3n) is 2.74. The Labute approximate surface area is 123 Å². The monoisotopic (exact) mass is 302 g/mol. The van der Waals surface area contributed by atoms with Gasteiger partial charge in [0.15, 0.2) is 5.65 Å². The number of imidazole rings is 1. The van der Waals surface area contributed by atoms with E-state index in [9.17, 15) is 4.79 Å². The molecule has 0 atom stereocenters. The van der Waals surface area contributed by atoms with Crippen LogP contribution in [0.1, 0.15) is 10.4 Å². The molecule has 3 N–H and O–H groups in total. The maximum atomic E-state index is 11.6. The lowest BCUT2D eigenvalue weighted by Crippen LogP contribution is -2.07. The highest BCUT2D eigenvalue weighted by molar-refractivity contribution is 7.99. The van der Waals surface area contributed by atoms with Crippen molar-refractivity contribution in [2.75, 3.05) is 12.8 Å². The maximum Gasteiger partial charge on any atom is 0.340 e. The van der Waals surface area contributed by atoms with Crippen molar-refractivity contribution >= 4 is 34.6 Å². The minimum atomic E-state index is -0.508. The van der Waals surface area contributed by atoms with E-state index in [1.807, 2.05) is 0 Å². The molecule has 0 aliphatic heterocycles. The van der Waals surface area contributed by atoms with E-state index >= 15 is 0 Å². The highest BCUT2D eigenvalue weighted by atomic mass is 32.2. The van der Waals surface area contributed by atoms with E-state index in [1.54, 1.807) is 0 Å². The number of carbonyl (C=O) groups excluding carboxylic acids is 1. The standard InChI is InChI=1S/C12H10N6O2S/c1-20-12(19)6-2-3-14-10(7(6)13)21-11-8-9(16-4-15-8)17-5-18-11/h2-5H,13H2,1H3,(H,15,16,17,18). The molecule has 0 bridgehead atoms. The number of rotatable bonds is 3. The van der Waals surface area contributed by atoms with Gasteiger partial charge in [0.25, 0.3) is 0 Å². The van der Waals surface area contributed by atoms with Gasteiger partial charge in [0, 0.05) is 6.20 Å². The minimum absolute atomic E-state index is 0.251. The molecular formula is C12H10N6O2S. The van der Waals surface area contributed by atoms with E-state index in [4.69, 9.17) is 5.73 Å². The van der Waals surface area contributed by atoms with Crippen LogP contribution in [0, 0.1) is 0 Å². The molecule has 9 heteroatoms. The zero-order valence-electron chi connectivity index (χ0n) is 10.9. The largest absolute Gasteiger partial charge is 0.465 e. The van der Waals surface area contributed by atoms with Gasteiger partial charge in [-0.3, -0.25) is 0 Å². The van der Waals surface area contributed by atoms with E-state index in [-0.39, 0.29) is 11.3 Å². The quantitative estimate of drug-likeness (QED) is 0.548. The molecular weight excluding hydrogens is 292 g/mol. The number of methoxy groups -OCH3 is 1. The zero-order chi connectivity index (χ0) is 14.8. The molecule has 0 aromatic carbocycles. The number of nitrogen functional groups attached to an aromatic ring is 1. The number of aromatic amines is 1. The molecule has 8 nitrogen and oxygen atoms in total. The number of hydrogen-bond acceptors (Lipinski definition) is 8. The molecule has 106 valence electrons. The SMILES string of the molecule is COC(=O)c1ccnc(Sc2ncnc3nc[nH]c23)c1N. The summed E-state index contributed by atoms with van der Waals surface area (Å²) in [7, 11) is 1.30. The van der Waals surface area contributed by atoms with Gasteiger partial charge >= 0.3 is 5.97 Å². The molecule has 0 radical (unpaired) electrons. The third kappa shape index (κ3) is 2.38. The first-order valence-electron chi connectivity index (χ1n) is 5.85. The van der Waals surface area contributed by atoms with Crippen molar-refractivity contribution in [2.45, 2.75) is 10.1 Å². The number of nitrogens with two attached hydrogens (primary N) is 1. The molecule has 0 saturated carbocycles. The first-order chi connectivity index (χ1) is 10.2. The predicted molar refractivity (Wildman–Crippen MR) is 75.8 cm³/mol. The van der Waals surface area contributed by atoms with Crippen molar-refractivity contribution in [1.82, 2.24) is 24.9 Å². The Morgan fingerprint density at radius 2 is 2.14 bits per heavy atom. The van der Waals surface area contributed by atoms with Crippen molar-refractivity contribution in [3.8, 4) is 0 Å². The van der Waals surface area contributed by atoms with Crippen LogP contribution >= 0.6 is 11.8 Å². The number of hydrogen-bond donors (Lipinski definition) is 2. The van der Waals surface area contributed by atoms with Crippen LogP contribution in [0.25, 0.3) is 11.2 Å². The Balaban J connectivity index is 2.02. The van der Waals surface area contributed by atoms with Crippen LogP contribution in [0.3, 0.4) is 0 Å². The van der Waals surface area contributed by atoms with Gasteiger partial charge in [-0.2, -0.15) is 0 Å². The summed E-state index contributed by atoms with van der Waals surface area (Å²) in [6.07, 6.45) is 4.44. The van der Waals surface area contributed by atoms with Crippen LogP contribution in [-0.4, -0.2) is 38.0 Å². The second-order valence-corrected chi connectivity index (χ2v) is 4.93. The highest BCUT2D eigenvalue weighted by Gasteiger charge is 2.16. The summed E-state index contributed by atoms with van der Waals surface area (Å²) in [5.74, 6) is -0.508. The Bertz CT molecular complexity index is 818. The van der Waals surface area contributed by atoms with Gasteiger partial charge in [-0.15, -0.1) is 0 Å². The summed E-state index contributed by atoms with van der Waals surface area (Å²) >= 11 is 1.22. The van der Waals surface area contributed by atoms with Gasteiger partial charge in [-0.05, 0) is 17.8 Å². The van der Waals surface area contributed by atoms with Gasteiger partial charge < -0.3 is 15.5 Å². The molecule has 21 heavy (non-hydrogen) atoms. The number of H-pyrrole nitrogens is 1. The van der Waals surface area contributed by atoms with Crippen LogP contribution in [0.5, 0.6) is 0 Å². The number of fused-ring (bicyclic) bond motifs is 1. The van der Waals surface area contributed by atoms with Crippen LogP contribution < -0.4 is 5.73 Å². The summed E-state index contributed by atoms with van der Waals surface area (Å²) in [5.41, 5.74) is 7.73. The smallest absolute Gasteiger partial charge is 0.340 e. The first-order valence-corrected chi connectivity index (χ1v) is 6.67. The molecule has 0 fully saturated rings. The molecule has 3 rings (SSSR count). The van der Waals surface area contributed by atoms with Crippen LogP contribution in [0.2, 0.25) is 0 Å². The summed E-state index contributed by atoms with van der Waals surface area (Å²) in [5, 5.41) is 1.09. The minimum Gasteiger partial charge on any atom is -0.465 e. The number of nitrogens with zero attached hydrogens (tertiary/aromatic N) is 4. The van der Waals surface area contributed by atoms with Gasteiger partial charge in [-0.1, -0.05) is 0 Å². The van der Waals surface area contributed by atoms with Crippen molar-refractivity contribution < 1.29 is 9.53 Å². The van der Waals surface area contributed by atoms with Gasteiger partial charge in [0.05, 0.1) is 24.7 Å². The van der Waals surface area contributed by atoms with Gasteiger partial charge in [-0.25, -0.2) is 24.7 Å². The van der Waals surface area contributed by atoms with E-state index in [0.29, 0.717) is 21.2 Å². The van der Waals surface area contributed by atoms with Gasteiger partial charge in [0.2, 0.25) is 0 Å². The molecule has 0 saturated heterocycles. The van der Waals surface area contributed by atoms with Crippen molar-refractivity contribution in [3.05, 3.63) is 30.5 Å². The van der Waals surface area contributed by atoms with Crippen molar-refractivity contribution in [3.63, 3.8) is 0 Å². The molecule has 0 aliphatic rings. The summed E-state index contributed by atoms with van der Waals surface area (Å²) in [6, 6.07) is 1.51. The van der Waals surface area contributed by atoms with E-state index in [2.05, 4.69) is 29.7 Å². The number of esters is 1. The second kappa shape index (κ2) is 5.37. The Morgan fingerprint density at radius 1 is 1.29 bits per heavy atom. The number of carbonyl (C=O) groups is 1. The topological polar surface area (TPSA) is 120 Å². The molecule has 0 amide bonds. The van der Waals surface area contributed by atoms with E-state index in [1.165, 1.54) is 43.8 Å². The summed E-state index contributed by atoms with van der Waals surface area (Å²) < 4.78 is 4.68. The average Bonchev–Trinajstić information content (AvgIpc) is 2.98. The van der Waals surface area contributed by atoms with Crippen LogP contribution in [0.15, 0.2) is 35.0 Å². The van der Waals surface area contributed by atoms with Crippen molar-refractivity contribution in [1.29, 1.82) is 0 Å². The zero-order valence-corrected chi connectivity index (χ0v) is 11.7. The molecule has 0 spiro atoms. The first kappa shape index (κ1) is 13.3. The normalized spacial score (nSPS) is 10.7. The average molecular weight is 302 g/mol. The predicted octanol–water partition coefficient (Wildman–Crippen LogP) is 1.27. The third-order valence-corrected chi connectivity index (χ3v) is 3.76. The molecule has 0 aliphatic carbocycles. The van der Waals surface area contributed by atoms with Gasteiger partial charge in [0.1, 0.15) is 21.9 Å². The van der Waals surface area contributed by atoms with E-state index < -0.39 is 5.97 Å². The Kier molecular flexibility index (Phi) is 3.40. The number of aromatic nitrogens is 5. The Hall–Kier alpha value is -2.68. The lowest BCUT2D eigenvalue weighted by atomic mass is 10.2. The lowest BCUT2D eigenvalue weighted by molar-refractivity contribution is 0.0601. The molecule has 3 aromatic heterocycles. The maximum absolute atomic E-state index is 11.6. The van der Waals surface area contributed by atoms with E-state index in [0.717, 1.165) is 0 Å². The Morgan fingerprint density at radius 3 is 2.95 bits per heavy atom. The van der Waals surface area contributed by atoms with Crippen molar-refractivity contribution in [2.24, 2.45) is 0 Å². The molecule has 3 heterocycles. The number of pyridine rings is 1. The fourth-order valence-corrected chi connectivity index (χ4v) is 2.60.